The zero-order chi connectivity index (χ0) is 13.8. The Labute approximate surface area is 114 Å². The first-order chi connectivity index (χ1) is 9.13. The summed E-state index contributed by atoms with van der Waals surface area (Å²) >= 11 is 0. The Morgan fingerprint density at radius 2 is 2.32 bits per heavy atom. The fourth-order valence-corrected chi connectivity index (χ4v) is 2.96. The molecule has 2 rings (SSSR count). The van der Waals surface area contributed by atoms with Crippen LogP contribution >= 0.6 is 0 Å². The minimum atomic E-state index is -0.703. The molecule has 1 aromatic rings. The third-order valence-electron chi connectivity index (χ3n) is 3.87. The predicted octanol–water partition coefficient (Wildman–Crippen LogP) is 2.78. The van der Waals surface area contributed by atoms with Crippen LogP contribution in [-0.4, -0.2) is 33.5 Å². The molecular formula is C15H22N2O2. The molecular weight excluding hydrogens is 240 g/mol. The smallest absolute Gasteiger partial charge is 0.320 e. The summed E-state index contributed by atoms with van der Waals surface area (Å²) in [6, 6.07) is 5.73. The Hall–Kier alpha value is -1.42. The maximum Gasteiger partial charge on any atom is 0.320 e. The van der Waals surface area contributed by atoms with E-state index >= 15 is 0 Å². The average Bonchev–Trinajstić information content (AvgIpc) is 2.40. The molecule has 1 aliphatic rings. The second-order valence-corrected chi connectivity index (χ2v) is 5.22. The fraction of sp³-hybridized carbons (Fsp3) is 0.600. The minimum absolute atomic E-state index is 0.112. The standard InChI is InChI=1S/C15H22N2O2/c1-3-13(12-8-6-7-11(2)16-12)17-10-5-4-9-14(17)15(18)19/h6-8,13-14H,3-5,9-10H2,1-2H3,(H,18,19). The van der Waals surface area contributed by atoms with Crippen molar-refractivity contribution in [1.29, 1.82) is 0 Å². The van der Waals surface area contributed by atoms with Gasteiger partial charge in [-0.05, 0) is 44.9 Å². The second-order valence-electron chi connectivity index (χ2n) is 5.22. The highest BCUT2D eigenvalue weighted by atomic mass is 16.4. The summed E-state index contributed by atoms with van der Waals surface area (Å²) in [5.41, 5.74) is 1.98. The molecule has 0 aromatic carbocycles. The summed E-state index contributed by atoms with van der Waals surface area (Å²) in [6.45, 7) is 4.92. The lowest BCUT2D eigenvalue weighted by Gasteiger charge is -2.38. The summed E-state index contributed by atoms with van der Waals surface area (Å²) in [7, 11) is 0. The Balaban J connectivity index is 2.26. The summed E-state index contributed by atoms with van der Waals surface area (Å²) in [5, 5.41) is 9.39. The highest BCUT2D eigenvalue weighted by Gasteiger charge is 2.33. The molecule has 0 saturated carbocycles. The zero-order valence-corrected chi connectivity index (χ0v) is 11.7. The molecule has 0 aliphatic carbocycles. The van der Waals surface area contributed by atoms with E-state index < -0.39 is 5.97 Å². The normalized spacial score (nSPS) is 22.1. The van der Waals surface area contributed by atoms with Crippen molar-refractivity contribution in [2.24, 2.45) is 0 Å². The first-order valence-electron chi connectivity index (χ1n) is 7.05. The maximum atomic E-state index is 11.4. The number of pyridine rings is 1. The van der Waals surface area contributed by atoms with Crippen LogP contribution in [0.15, 0.2) is 18.2 Å². The molecule has 1 fully saturated rings. The number of aromatic nitrogens is 1. The summed E-state index contributed by atoms with van der Waals surface area (Å²) < 4.78 is 0. The summed E-state index contributed by atoms with van der Waals surface area (Å²) in [6.07, 6.45) is 3.72. The second kappa shape index (κ2) is 6.15. The minimum Gasteiger partial charge on any atom is -0.480 e. The van der Waals surface area contributed by atoms with Crippen LogP contribution in [0.3, 0.4) is 0 Å². The number of hydrogen-bond acceptors (Lipinski definition) is 3. The molecule has 2 atom stereocenters. The van der Waals surface area contributed by atoms with Gasteiger partial charge in [-0.15, -0.1) is 0 Å². The number of hydrogen-bond donors (Lipinski definition) is 1. The van der Waals surface area contributed by atoms with E-state index in [-0.39, 0.29) is 12.1 Å². The van der Waals surface area contributed by atoms with Crippen molar-refractivity contribution in [3.05, 3.63) is 29.6 Å². The van der Waals surface area contributed by atoms with Gasteiger partial charge in [-0.25, -0.2) is 0 Å². The largest absolute Gasteiger partial charge is 0.480 e. The van der Waals surface area contributed by atoms with Crippen LogP contribution in [0.1, 0.15) is 50.0 Å². The number of carboxylic acid groups (broad SMARTS) is 1. The third kappa shape index (κ3) is 3.13. The molecule has 104 valence electrons. The molecule has 1 aromatic heterocycles. The lowest BCUT2D eigenvalue weighted by molar-refractivity contribution is -0.146. The van der Waals surface area contributed by atoms with Gasteiger partial charge < -0.3 is 5.11 Å². The Kier molecular flexibility index (Phi) is 4.53. The number of aryl methyl sites for hydroxylation is 1. The van der Waals surface area contributed by atoms with Gasteiger partial charge in [0, 0.05) is 5.69 Å². The van der Waals surface area contributed by atoms with E-state index in [4.69, 9.17) is 0 Å². The number of aliphatic carboxylic acids is 1. The van der Waals surface area contributed by atoms with E-state index in [1.165, 1.54) is 0 Å². The molecule has 0 amide bonds. The topological polar surface area (TPSA) is 53.4 Å². The van der Waals surface area contributed by atoms with Crippen molar-refractivity contribution in [2.45, 2.75) is 51.6 Å². The van der Waals surface area contributed by atoms with E-state index in [2.05, 4.69) is 16.8 Å². The Morgan fingerprint density at radius 3 is 2.95 bits per heavy atom. The number of rotatable bonds is 4. The van der Waals surface area contributed by atoms with E-state index in [0.29, 0.717) is 0 Å². The molecule has 0 radical (unpaired) electrons. The van der Waals surface area contributed by atoms with Crippen LogP contribution in [0, 0.1) is 6.92 Å². The van der Waals surface area contributed by atoms with E-state index in [9.17, 15) is 9.90 Å². The van der Waals surface area contributed by atoms with Crippen LogP contribution in [0.2, 0.25) is 0 Å². The van der Waals surface area contributed by atoms with Crippen molar-refractivity contribution in [1.82, 2.24) is 9.88 Å². The number of piperidine rings is 1. The number of carbonyl (C=O) groups is 1. The first kappa shape index (κ1) is 14.0. The molecule has 2 unspecified atom stereocenters. The molecule has 1 saturated heterocycles. The Bertz CT molecular complexity index is 448. The monoisotopic (exact) mass is 262 g/mol. The zero-order valence-electron chi connectivity index (χ0n) is 11.7. The molecule has 4 nitrogen and oxygen atoms in total. The highest BCUT2D eigenvalue weighted by molar-refractivity contribution is 5.73. The van der Waals surface area contributed by atoms with Gasteiger partial charge in [0.15, 0.2) is 0 Å². The van der Waals surface area contributed by atoms with Crippen LogP contribution in [0.25, 0.3) is 0 Å². The van der Waals surface area contributed by atoms with Gasteiger partial charge in [0.25, 0.3) is 0 Å². The summed E-state index contributed by atoms with van der Waals surface area (Å²) in [5.74, 6) is -0.703. The van der Waals surface area contributed by atoms with Crippen LogP contribution in [-0.2, 0) is 4.79 Å². The fourth-order valence-electron chi connectivity index (χ4n) is 2.96. The number of nitrogens with zero attached hydrogens (tertiary/aromatic N) is 2. The molecule has 2 heterocycles. The van der Waals surface area contributed by atoms with Crippen molar-refractivity contribution in [3.8, 4) is 0 Å². The van der Waals surface area contributed by atoms with E-state index in [0.717, 1.165) is 43.6 Å². The summed E-state index contributed by atoms with van der Waals surface area (Å²) in [4.78, 5) is 18.1. The molecule has 4 heteroatoms. The first-order valence-corrected chi connectivity index (χ1v) is 7.05. The molecule has 1 N–H and O–H groups in total. The number of likely N-dealkylation sites (tertiary alicyclic amines) is 1. The van der Waals surface area contributed by atoms with Crippen LogP contribution < -0.4 is 0 Å². The average molecular weight is 262 g/mol. The van der Waals surface area contributed by atoms with Gasteiger partial charge in [-0.3, -0.25) is 14.7 Å². The van der Waals surface area contributed by atoms with Gasteiger partial charge in [0.05, 0.1) is 11.7 Å². The predicted molar refractivity (Wildman–Crippen MR) is 74.0 cm³/mol. The lowest BCUT2D eigenvalue weighted by atomic mass is 9.97. The van der Waals surface area contributed by atoms with E-state index in [1.807, 2.05) is 25.1 Å². The van der Waals surface area contributed by atoms with E-state index in [1.54, 1.807) is 0 Å². The van der Waals surface area contributed by atoms with Crippen LogP contribution in [0.5, 0.6) is 0 Å². The molecule has 1 aliphatic heterocycles. The SMILES string of the molecule is CCC(c1cccc(C)n1)N1CCCCC1C(=O)O. The van der Waals surface area contributed by atoms with Crippen molar-refractivity contribution in [3.63, 3.8) is 0 Å². The third-order valence-corrected chi connectivity index (χ3v) is 3.87. The molecule has 0 bridgehead atoms. The van der Waals surface area contributed by atoms with Gasteiger partial charge in [0.2, 0.25) is 0 Å². The molecule has 19 heavy (non-hydrogen) atoms. The lowest BCUT2D eigenvalue weighted by Crippen LogP contribution is -2.46. The van der Waals surface area contributed by atoms with Crippen molar-refractivity contribution in [2.75, 3.05) is 6.54 Å². The quantitative estimate of drug-likeness (QED) is 0.906. The Morgan fingerprint density at radius 1 is 1.53 bits per heavy atom. The highest BCUT2D eigenvalue weighted by Crippen LogP contribution is 2.30. The number of carboxylic acids is 1. The van der Waals surface area contributed by atoms with Crippen LogP contribution in [0.4, 0.5) is 0 Å². The van der Waals surface area contributed by atoms with Gasteiger partial charge in [-0.2, -0.15) is 0 Å². The van der Waals surface area contributed by atoms with Gasteiger partial charge in [-0.1, -0.05) is 19.4 Å². The van der Waals surface area contributed by atoms with Gasteiger partial charge >= 0.3 is 5.97 Å². The van der Waals surface area contributed by atoms with Crippen molar-refractivity contribution < 1.29 is 9.90 Å². The molecule has 0 spiro atoms. The van der Waals surface area contributed by atoms with Gasteiger partial charge in [0.1, 0.15) is 6.04 Å². The van der Waals surface area contributed by atoms with Crippen molar-refractivity contribution >= 4 is 5.97 Å². The maximum absolute atomic E-state index is 11.4.